The van der Waals surface area contributed by atoms with Crippen LogP contribution >= 0.6 is 11.8 Å². The Bertz CT molecular complexity index is 335. The molecule has 2 atom stereocenters. The molecule has 2 rings (SSSR count). The maximum absolute atomic E-state index is 12.4. The number of likely N-dealkylation sites (tertiary alicyclic amines) is 1. The van der Waals surface area contributed by atoms with E-state index in [1.807, 2.05) is 0 Å². The maximum Gasteiger partial charge on any atom is 0.233 e. The number of fused-ring (bicyclic) bond motifs is 1. The summed E-state index contributed by atoms with van der Waals surface area (Å²) in [6.45, 7) is 14.0. The minimum absolute atomic E-state index is 0.0176. The lowest BCUT2D eigenvalue weighted by atomic mass is 9.85. The van der Waals surface area contributed by atoms with E-state index in [-0.39, 0.29) is 10.3 Å². The molecule has 2 unspecified atom stereocenters. The highest BCUT2D eigenvalue weighted by atomic mass is 32.2. The van der Waals surface area contributed by atoms with Crippen molar-refractivity contribution in [1.82, 2.24) is 10.2 Å². The highest BCUT2D eigenvalue weighted by Crippen LogP contribution is 2.41. The zero-order valence-corrected chi connectivity index (χ0v) is 13.1. The molecule has 104 valence electrons. The van der Waals surface area contributed by atoms with Gasteiger partial charge in [0, 0.05) is 29.9 Å². The zero-order chi connectivity index (χ0) is 13.6. The quantitative estimate of drug-likeness (QED) is 0.833. The summed E-state index contributed by atoms with van der Waals surface area (Å²) in [5, 5.41) is 3.45. The SMILES string of the molecule is CC(C)(C)SCC(=O)N1CC2CNCC2C1(C)C. The second-order valence-electron chi connectivity index (χ2n) is 7.08. The van der Waals surface area contributed by atoms with Crippen molar-refractivity contribution in [1.29, 1.82) is 0 Å². The van der Waals surface area contributed by atoms with E-state index in [4.69, 9.17) is 0 Å². The predicted molar refractivity (Wildman–Crippen MR) is 77.9 cm³/mol. The van der Waals surface area contributed by atoms with Crippen molar-refractivity contribution in [2.45, 2.75) is 44.9 Å². The van der Waals surface area contributed by atoms with E-state index in [1.54, 1.807) is 11.8 Å². The number of hydrogen-bond donors (Lipinski definition) is 1. The molecule has 2 aliphatic heterocycles. The largest absolute Gasteiger partial charge is 0.336 e. The average molecular weight is 270 g/mol. The summed E-state index contributed by atoms with van der Waals surface area (Å²) < 4.78 is 0.164. The molecule has 0 aromatic rings. The fourth-order valence-corrected chi connectivity index (χ4v) is 3.91. The molecular formula is C14H26N2OS. The van der Waals surface area contributed by atoms with Gasteiger partial charge in [0.05, 0.1) is 5.75 Å². The molecular weight excluding hydrogens is 244 g/mol. The number of carbonyl (C=O) groups excluding carboxylic acids is 1. The van der Waals surface area contributed by atoms with Crippen LogP contribution in [0.15, 0.2) is 0 Å². The molecule has 0 bridgehead atoms. The number of nitrogens with zero attached hydrogens (tertiary/aromatic N) is 1. The lowest BCUT2D eigenvalue weighted by Crippen LogP contribution is -2.48. The van der Waals surface area contributed by atoms with Crippen molar-refractivity contribution >= 4 is 17.7 Å². The van der Waals surface area contributed by atoms with Gasteiger partial charge in [-0.1, -0.05) is 20.8 Å². The van der Waals surface area contributed by atoms with Crippen molar-refractivity contribution in [2.24, 2.45) is 11.8 Å². The van der Waals surface area contributed by atoms with Crippen molar-refractivity contribution in [3.05, 3.63) is 0 Å². The Morgan fingerprint density at radius 2 is 2.06 bits per heavy atom. The van der Waals surface area contributed by atoms with Crippen molar-refractivity contribution in [2.75, 3.05) is 25.4 Å². The summed E-state index contributed by atoms with van der Waals surface area (Å²) in [6.07, 6.45) is 0. The highest BCUT2D eigenvalue weighted by Gasteiger charge is 2.51. The Morgan fingerprint density at radius 1 is 1.39 bits per heavy atom. The van der Waals surface area contributed by atoms with Crippen molar-refractivity contribution in [3.63, 3.8) is 0 Å². The second-order valence-corrected chi connectivity index (χ2v) is 8.89. The molecule has 1 amide bonds. The number of thioether (sulfide) groups is 1. The summed E-state index contributed by atoms with van der Waals surface area (Å²) in [4.78, 5) is 14.6. The van der Waals surface area contributed by atoms with E-state index in [9.17, 15) is 4.79 Å². The molecule has 4 heteroatoms. The Kier molecular flexibility index (Phi) is 3.72. The van der Waals surface area contributed by atoms with Crippen LogP contribution in [0.2, 0.25) is 0 Å². The first-order chi connectivity index (χ1) is 8.22. The van der Waals surface area contributed by atoms with Gasteiger partial charge < -0.3 is 10.2 Å². The molecule has 0 aromatic carbocycles. The average Bonchev–Trinajstić information content (AvgIpc) is 2.77. The summed E-state index contributed by atoms with van der Waals surface area (Å²) in [5.41, 5.74) is 0.0176. The van der Waals surface area contributed by atoms with Crippen LogP contribution in [-0.2, 0) is 4.79 Å². The van der Waals surface area contributed by atoms with Gasteiger partial charge in [0.2, 0.25) is 5.91 Å². The Hall–Kier alpha value is -0.220. The van der Waals surface area contributed by atoms with Crippen LogP contribution < -0.4 is 5.32 Å². The highest BCUT2D eigenvalue weighted by molar-refractivity contribution is 8.01. The van der Waals surface area contributed by atoms with Gasteiger partial charge >= 0.3 is 0 Å². The first-order valence-corrected chi connectivity index (χ1v) is 7.85. The van der Waals surface area contributed by atoms with Crippen LogP contribution in [-0.4, -0.2) is 46.5 Å². The van der Waals surface area contributed by atoms with Gasteiger partial charge in [-0.15, -0.1) is 11.8 Å². The van der Waals surface area contributed by atoms with E-state index in [0.717, 1.165) is 19.6 Å². The molecule has 18 heavy (non-hydrogen) atoms. The van der Waals surface area contributed by atoms with Crippen LogP contribution in [0, 0.1) is 11.8 Å². The fraction of sp³-hybridized carbons (Fsp3) is 0.929. The van der Waals surface area contributed by atoms with Crippen LogP contribution in [0.3, 0.4) is 0 Å². The summed E-state index contributed by atoms with van der Waals surface area (Å²) in [7, 11) is 0. The first-order valence-electron chi connectivity index (χ1n) is 6.87. The van der Waals surface area contributed by atoms with Gasteiger partial charge in [-0.05, 0) is 25.7 Å². The van der Waals surface area contributed by atoms with Gasteiger partial charge in [-0.25, -0.2) is 0 Å². The monoisotopic (exact) mass is 270 g/mol. The minimum Gasteiger partial charge on any atom is -0.336 e. The van der Waals surface area contributed by atoms with Gasteiger partial charge in [-0.3, -0.25) is 4.79 Å². The molecule has 0 aliphatic carbocycles. The van der Waals surface area contributed by atoms with Gasteiger partial charge in [0.15, 0.2) is 0 Å². The molecule has 0 spiro atoms. The minimum atomic E-state index is 0.0176. The fourth-order valence-electron chi connectivity index (χ4n) is 3.20. The summed E-state index contributed by atoms with van der Waals surface area (Å²) in [6, 6.07) is 0. The topological polar surface area (TPSA) is 32.3 Å². The van der Waals surface area contributed by atoms with E-state index < -0.39 is 0 Å². The third kappa shape index (κ3) is 2.69. The number of nitrogens with one attached hydrogen (secondary N) is 1. The van der Waals surface area contributed by atoms with Gasteiger partial charge in [0.1, 0.15) is 0 Å². The maximum atomic E-state index is 12.4. The van der Waals surface area contributed by atoms with Gasteiger partial charge in [0.25, 0.3) is 0 Å². The van der Waals surface area contributed by atoms with E-state index in [1.165, 1.54) is 0 Å². The zero-order valence-electron chi connectivity index (χ0n) is 12.2. The first kappa shape index (κ1) is 14.2. The number of rotatable bonds is 2. The lowest BCUT2D eigenvalue weighted by Gasteiger charge is -2.36. The van der Waals surface area contributed by atoms with Crippen molar-refractivity contribution < 1.29 is 4.79 Å². The van der Waals surface area contributed by atoms with E-state index >= 15 is 0 Å². The Balaban J connectivity index is 1.99. The molecule has 2 aliphatic rings. The molecule has 2 heterocycles. The number of hydrogen-bond acceptors (Lipinski definition) is 3. The van der Waals surface area contributed by atoms with Crippen LogP contribution in [0.4, 0.5) is 0 Å². The molecule has 2 saturated heterocycles. The summed E-state index contributed by atoms with van der Waals surface area (Å²) in [5.74, 6) is 2.21. The second kappa shape index (κ2) is 4.71. The van der Waals surface area contributed by atoms with Crippen LogP contribution in [0.1, 0.15) is 34.6 Å². The van der Waals surface area contributed by atoms with Crippen molar-refractivity contribution in [3.8, 4) is 0 Å². The Labute approximate surface area is 115 Å². The predicted octanol–water partition coefficient (Wildman–Crippen LogP) is 1.97. The molecule has 0 aromatic heterocycles. The standard InChI is InChI=1S/C14H26N2OS/c1-13(2,3)18-9-12(17)16-8-10-6-15-7-11(10)14(16,4)5/h10-11,15H,6-9H2,1-5H3. The third-order valence-electron chi connectivity index (χ3n) is 4.29. The van der Waals surface area contributed by atoms with Gasteiger partial charge in [-0.2, -0.15) is 0 Å². The number of carbonyl (C=O) groups is 1. The Morgan fingerprint density at radius 3 is 2.61 bits per heavy atom. The normalized spacial score (nSPS) is 30.6. The number of amides is 1. The molecule has 1 N–H and O–H groups in total. The van der Waals surface area contributed by atoms with Crippen LogP contribution in [0.5, 0.6) is 0 Å². The van der Waals surface area contributed by atoms with E-state index in [2.05, 4.69) is 44.8 Å². The summed E-state index contributed by atoms with van der Waals surface area (Å²) >= 11 is 1.75. The smallest absolute Gasteiger partial charge is 0.233 e. The van der Waals surface area contributed by atoms with Crippen LogP contribution in [0.25, 0.3) is 0 Å². The lowest BCUT2D eigenvalue weighted by molar-refractivity contribution is -0.132. The third-order valence-corrected chi connectivity index (χ3v) is 5.55. The molecule has 3 nitrogen and oxygen atoms in total. The van der Waals surface area contributed by atoms with E-state index in [0.29, 0.717) is 23.5 Å². The molecule has 0 saturated carbocycles. The molecule has 0 radical (unpaired) electrons. The molecule has 2 fully saturated rings.